The molecule has 5 nitrogen and oxygen atoms in total. The number of carbonyl (C=O) groups is 2. The fourth-order valence-electron chi connectivity index (χ4n) is 2.01. The van der Waals surface area contributed by atoms with Crippen LogP contribution in [0, 0.1) is 0 Å². The van der Waals surface area contributed by atoms with E-state index < -0.39 is 5.97 Å². The number of carboxylic acids is 1. The van der Waals surface area contributed by atoms with Gasteiger partial charge in [-0.25, -0.2) is 0 Å². The lowest BCUT2D eigenvalue weighted by Crippen LogP contribution is -2.35. The van der Waals surface area contributed by atoms with Crippen molar-refractivity contribution >= 4 is 11.9 Å². The number of rotatable bonds is 6. The zero-order chi connectivity index (χ0) is 13.1. The highest BCUT2D eigenvalue weighted by Gasteiger charge is 2.34. The number of hydrogen-bond acceptors (Lipinski definition) is 3. The minimum Gasteiger partial charge on any atom is -0.481 e. The molecule has 0 aromatic carbocycles. The lowest BCUT2D eigenvalue weighted by atomic mass is 10.2. The molecule has 0 radical (unpaired) electrons. The Hall–Kier alpha value is -1.78. The standard InChI is InChI=1S/C13H17NO4/c1-2-11-10(6-8-18-11)13(17)14(9-3-4-9)7-5-12(15)16/h6,8-9H,2-5,7H2,1H3,(H,15,16). The topological polar surface area (TPSA) is 70.8 Å². The minimum absolute atomic E-state index is 0.0124. The number of carboxylic acid groups (broad SMARTS) is 1. The molecule has 1 aliphatic carbocycles. The molecule has 2 rings (SSSR count). The zero-order valence-electron chi connectivity index (χ0n) is 10.4. The van der Waals surface area contributed by atoms with Crippen LogP contribution in [0.25, 0.3) is 0 Å². The molecule has 0 spiro atoms. The van der Waals surface area contributed by atoms with Crippen molar-refractivity contribution in [3.8, 4) is 0 Å². The maximum atomic E-state index is 12.4. The van der Waals surface area contributed by atoms with Gasteiger partial charge in [-0.1, -0.05) is 6.92 Å². The van der Waals surface area contributed by atoms with E-state index in [4.69, 9.17) is 9.52 Å². The first kappa shape index (κ1) is 12.7. The molecule has 1 aromatic rings. The molecule has 1 saturated carbocycles. The van der Waals surface area contributed by atoms with Crippen molar-refractivity contribution in [1.29, 1.82) is 0 Å². The maximum absolute atomic E-state index is 12.4. The number of furan rings is 1. The molecule has 18 heavy (non-hydrogen) atoms. The van der Waals surface area contributed by atoms with Gasteiger partial charge in [-0.2, -0.15) is 0 Å². The van der Waals surface area contributed by atoms with Gasteiger partial charge in [-0.15, -0.1) is 0 Å². The summed E-state index contributed by atoms with van der Waals surface area (Å²) in [5.41, 5.74) is 0.565. The summed E-state index contributed by atoms with van der Waals surface area (Å²) in [5.74, 6) is -0.318. The van der Waals surface area contributed by atoms with E-state index in [1.54, 1.807) is 11.0 Å². The second-order valence-corrected chi connectivity index (χ2v) is 4.48. The molecular formula is C13H17NO4. The van der Waals surface area contributed by atoms with Crippen LogP contribution in [0.3, 0.4) is 0 Å². The van der Waals surface area contributed by atoms with Crippen LogP contribution < -0.4 is 0 Å². The lowest BCUT2D eigenvalue weighted by molar-refractivity contribution is -0.137. The zero-order valence-corrected chi connectivity index (χ0v) is 10.4. The molecule has 1 N–H and O–H groups in total. The molecule has 5 heteroatoms. The van der Waals surface area contributed by atoms with Crippen LogP contribution in [0.15, 0.2) is 16.7 Å². The summed E-state index contributed by atoms with van der Waals surface area (Å²) in [6, 6.07) is 1.87. The first-order valence-corrected chi connectivity index (χ1v) is 6.22. The van der Waals surface area contributed by atoms with Crippen molar-refractivity contribution in [3.63, 3.8) is 0 Å². The number of amides is 1. The Labute approximate surface area is 105 Å². The van der Waals surface area contributed by atoms with Crippen LogP contribution >= 0.6 is 0 Å². The lowest BCUT2D eigenvalue weighted by Gasteiger charge is -2.21. The summed E-state index contributed by atoms with van der Waals surface area (Å²) >= 11 is 0. The first-order chi connectivity index (χ1) is 8.63. The number of carbonyl (C=O) groups excluding carboxylic acids is 1. The van der Waals surface area contributed by atoms with Gasteiger partial charge < -0.3 is 14.4 Å². The molecule has 0 unspecified atom stereocenters. The van der Waals surface area contributed by atoms with Crippen LogP contribution in [0.5, 0.6) is 0 Å². The average Bonchev–Trinajstić information content (AvgIpc) is 3.06. The van der Waals surface area contributed by atoms with Crippen LogP contribution in [-0.2, 0) is 11.2 Å². The summed E-state index contributed by atoms with van der Waals surface area (Å²) in [6.07, 6.45) is 4.08. The largest absolute Gasteiger partial charge is 0.481 e. The van der Waals surface area contributed by atoms with Crippen LogP contribution in [0.1, 0.15) is 42.3 Å². The average molecular weight is 251 g/mol. The van der Waals surface area contributed by atoms with E-state index in [-0.39, 0.29) is 24.9 Å². The van der Waals surface area contributed by atoms with Crippen molar-refractivity contribution in [3.05, 3.63) is 23.7 Å². The third kappa shape index (κ3) is 2.72. The van der Waals surface area contributed by atoms with Gasteiger partial charge in [0.05, 0.1) is 18.2 Å². The van der Waals surface area contributed by atoms with E-state index in [0.717, 1.165) is 12.8 Å². The monoisotopic (exact) mass is 251 g/mol. The molecule has 1 amide bonds. The molecule has 0 aliphatic heterocycles. The highest BCUT2D eigenvalue weighted by Crippen LogP contribution is 2.29. The first-order valence-electron chi connectivity index (χ1n) is 6.22. The number of nitrogens with zero attached hydrogens (tertiary/aromatic N) is 1. The third-order valence-corrected chi connectivity index (χ3v) is 3.11. The predicted octanol–water partition coefficient (Wildman–Crippen LogP) is 1.92. The molecule has 0 bridgehead atoms. The van der Waals surface area contributed by atoms with E-state index in [2.05, 4.69) is 0 Å². The molecule has 1 fully saturated rings. The van der Waals surface area contributed by atoms with Gasteiger partial charge in [0.25, 0.3) is 5.91 Å². The maximum Gasteiger partial charge on any atom is 0.305 e. The van der Waals surface area contributed by atoms with Gasteiger partial charge in [-0.05, 0) is 18.9 Å². The molecule has 1 aliphatic rings. The predicted molar refractivity (Wildman–Crippen MR) is 64.4 cm³/mol. The van der Waals surface area contributed by atoms with Crippen LogP contribution in [0.4, 0.5) is 0 Å². The van der Waals surface area contributed by atoms with E-state index >= 15 is 0 Å². The van der Waals surface area contributed by atoms with Crippen molar-refractivity contribution in [2.45, 2.75) is 38.6 Å². The summed E-state index contributed by atoms with van der Waals surface area (Å²) in [7, 11) is 0. The van der Waals surface area contributed by atoms with E-state index in [0.29, 0.717) is 17.7 Å². The second-order valence-electron chi connectivity index (χ2n) is 4.48. The van der Waals surface area contributed by atoms with Crippen molar-refractivity contribution in [2.75, 3.05) is 6.54 Å². The Morgan fingerprint density at radius 2 is 2.22 bits per heavy atom. The van der Waals surface area contributed by atoms with Crippen molar-refractivity contribution in [2.24, 2.45) is 0 Å². The Kier molecular flexibility index (Phi) is 3.69. The SMILES string of the molecule is CCc1occc1C(=O)N(CCC(=O)O)C1CC1. The fourth-order valence-corrected chi connectivity index (χ4v) is 2.01. The molecular weight excluding hydrogens is 234 g/mol. The van der Waals surface area contributed by atoms with Gasteiger partial charge in [0, 0.05) is 19.0 Å². The fraction of sp³-hybridized carbons (Fsp3) is 0.538. The van der Waals surface area contributed by atoms with Crippen LogP contribution in [-0.4, -0.2) is 34.5 Å². The Morgan fingerprint density at radius 3 is 2.78 bits per heavy atom. The number of hydrogen-bond donors (Lipinski definition) is 1. The third-order valence-electron chi connectivity index (χ3n) is 3.11. The van der Waals surface area contributed by atoms with Crippen LogP contribution in [0.2, 0.25) is 0 Å². The van der Waals surface area contributed by atoms with Crippen molar-refractivity contribution in [1.82, 2.24) is 4.90 Å². The summed E-state index contributed by atoms with van der Waals surface area (Å²) < 4.78 is 5.25. The Balaban J connectivity index is 2.10. The quantitative estimate of drug-likeness (QED) is 0.838. The summed E-state index contributed by atoms with van der Waals surface area (Å²) in [4.78, 5) is 24.6. The number of aryl methyl sites for hydroxylation is 1. The smallest absolute Gasteiger partial charge is 0.305 e. The molecule has 1 aromatic heterocycles. The van der Waals surface area contributed by atoms with E-state index in [1.807, 2.05) is 6.92 Å². The van der Waals surface area contributed by atoms with E-state index in [1.165, 1.54) is 6.26 Å². The molecule has 0 atom stereocenters. The molecule has 0 saturated heterocycles. The van der Waals surface area contributed by atoms with Gasteiger partial charge in [0.1, 0.15) is 5.76 Å². The Morgan fingerprint density at radius 1 is 1.50 bits per heavy atom. The highest BCUT2D eigenvalue weighted by molar-refractivity contribution is 5.95. The number of aliphatic carboxylic acids is 1. The van der Waals surface area contributed by atoms with Gasteiger partial charge >= 0.3 is 5.97 Å². The normalized spacial score (nSPS) is 14.5. The van der Waals surface area contributed by atoms with Gasteiger partial charge in [0.15, 0.2) is 0 Å². The van der Waals surface area contributed by atoms with Gasteiger partial charge in [0.2, 0.25) is 0 Å². The molecule has 1 heterocycles. The summed E-state index contributed by atoms with van der Waals surface area (Å²) in [6.45, 7) is 2.20. The second kappa shape index (κ2) is 5.25. The highest BCUT2D eigenvalue weighted by atomic mass is 16.4. The Bertz CT molecular complexity index is 448. The van der Waals surface area contributed by atoms with Gasteiger partial charge in [-0.3, -0.25) is 9.59 Å². The summed E-state index contributed by atoms with van der Waals surface area (Å²) in [5, 5.41) is 8.72. The minimum atomic E-state index is -0.878. The van der Waals surface area contributed by atoms with Crippen molar-refractivity contribution < 1.29 is 19.1 Å². The molecule has 98 valence electrons. The van der Waals surface area contributed by atoms with E-state index in [9.17, 15) is 9.59 Å².